The molecule has 2 bridgehead atoms. The molecule has 2 rings (SSSR count). The molecule has 7 heteroatoms. The predicted molar refractivity (Wildman–Crippen MR) is 52.8 cm³/mol. The Morgan fingerprint density at radius 2 is 2.19 bits per heavy atom. The summed E-state index contributed by atoms with van der Waals surface area (Å²) in [7, 11) is 0. The van der Waals surface area contributed by atoms with Gasteiger partial charge in [-0.15, -0.1) is 0 Å². The van der Waals surface area contributed by atoms with Gasteiger partial charge in [0.25, 0.3) is 0 Å². The lowest BCUT2D eigenvalue weighted by Gasteiger charge is -2.25. The maximum absolute atomic E-state index is 11.6. The van der Waals surface area contributed by atoms with Crippen LogP contribution in [-0.2, 0) is 9.78 Å². The van der Waals surface area contributed by atoms with Gasteiger partial charge in [-0.3, -0.25) is 0 Å². The van der Waals surface area contributed by atoms with Gasteiger partial charge in [0.05, 0.1) is 6.04 Å². The predicted octanol–water partition coefficient (Wildman–Crippen LogP) is 0.607. The van der Waals surface area contributed by atoms with Crippen LogP contribution in [-0.4, -0.2) is 40.8 Å². The summed E-state index contributed by atoms with van der Waals surface area (Å²) in [5.74, 6) is 0. The molecule has 3 unspecified atom stereocenters. The molecule has 2 N–H and O–H groups in total. The van der Waals surface area contributed by atoms with Crippen LogP contribution in [0.5, 0.6) is 0 Å². The molecule has 0 aliphatic carbocycles. The van der Waals surface area contributed by atoms with Crippen molar-refractivity contribution < 1.29 is 19.4 Å². The van der Waals surface area contributed by atoms with Gasteiger partial charge in [-0.2, -0.15) is 0 Å². The molecule has 0 saturated carbocycles. The Bertz CT molecular complexity index is 309. The van der Waals surface area contributed by atoms with Gasteiger partial charge >= 0.3 is 12.2 Å². The summed E-state index contributed by atoms with van der Waals surface area (Å²) >= 11 is 0. The van der Waals surface area contributed by atoms with Crippen molar-refractivity contribution in [2.24, 2.45) is 5.73 Å². The summed E-state index contributed by atoms with van der Waals surface area (Å²) < 4.78 is 0. The van der Waals surface area contributed by atoms with E-state index in [-0.39, 0.29) is 6.04 Å². The van der Waals surface area contributed by atoms with E-state index in [1.165, 1.54) is 5.01 Å². The van der Waals surface area contributed by atoms with Crippen molar-refractivity contribution in [3.63, 3.8) is 0 Å². The van der Waals surface area contributed by atoms with Crippen LogP contribution < -0.4 is 5.73 Å². The van der Waals surface area contributed by atoms with Crippen LogP contribution >= 0.6 is 0 Å². The Morgan fingerprint density at radius 3 is 2.75 bits per heavy atom. The van der Waals surface area contributed by atoms with E-state index in [2.05, 4.69) is 16.7 Å². The number of carbonyl (C=O) groups excluding carboxylic acids is 2. The van der Waals surface area contributed by atoms with Gasteiger partial charge in [-0.25, -0.2) is 29.4 Å². The average molecular weight is 229 g/mol. The molecule has 3 atom stereocenters. The molecule has 0 aromatic carbocycles. The molecule has 2 aliphatic rings. The van der Waals surface area contributed by atoms with E-state index >= 15 is 0 Å². The minimum Gasteiger partial charge on any atom is -0.332 e. The number of nitrogens with two attached hydrogens (primary N) is 1. The van der Waals surface area contributed by atoms with Gasteiger partial charge in [0.15, 0.2) is 0 Å². The van der Waals surface area contributed by atoms with Gasteiger partial charge < -0.3 is 5.73 Å². The number of hydrogen-bond donors (Lipinski definition) is 1. The molecule has 2 amide bonds. The van der Waals surface area contributed by atoms with Crippen LogP contribution in [0.2, 0.25) is 0 Å². The highest BCUT2D eigenvalue weighted by molar-refractivity contribution is 5.70. The number of fused-ring (bicyclic) bond motifs is 2. The number of nitrogens with zero attached hydrogens (tertiary/aromatic N) is 2. The van der Waals surface area contributed by atoms with Crippen LogP contribution in [0, 0.1) is 0 Å². The lowest BCUT2D eigenvalue weighted by atomic mass is 10.0. The summed E-state index contributed by atoms with van der Waals surface area (Å²) in [5, 5.41) is 3.49. The quantitative estimate of drug-likeness (QED) is 0.526. The van der Waals surface area contributed by atoms with Crippen molar-refractivity contribution in [2.45, 2.75) is 38.3 Å². The third-order valence-electron chi connectivity index (χ3n) is 3.13. The highest BCUT2D eigenvalue weighted by Gasteiger charge is 2.47. The maximum atomic E-state index is 11.6. The molecule has 2 fully saturated rings. The highest BCUT2D eigenvalue weighted by Crippen LogP contribution is 2.35. The zero-order valence-electron chi connectivity index (χ0n) is 9.09. The molecule has 0 aromatic heterocycles. The first-order chi connectivity index (χ1) is 7.63. The van der Waals surface area contributed by atoms with Crippen molar-refractivity contribution in [3.8, 4) is 0 Å². The smallest absolute Gasteiger partial charge is 0.332 e. The molecule has 90 valence electrons. The first-order valence-corrected chi connectivity index (χ1v) is 5.37. The van der Waals surface area contributed by atoms with Gasteiger partial charge in [-0.1, -0.05) is 6.92 Å². The van der Waals surface area contributed by atoms with Crippen molar-refractivity contribution in [3.05, 3.63) is 0 Å². The summed E-state index contributed by atoms with van der Waals surface area (Å²) in [5.41, 5.74) is 4.71. The fraction of sp³-hybridized carbons (Fsp3) is 0.778. The number of primary amides is 1. The second kappa shape index (κ2) is 4.17. The monoisotopic (exact) mass is 229 g/mol. The second-order valence-corrected chi connectivity index (χ2v) is 4.00. The third kappa shape index (κ3) is 1.78. The molecule has 0 aromatic rings. The average Bonchev–Trinajstić information content (AvgIpc) is 2.82. The molecule has 2 heterocycles. The number of hydrogen-bond acceptors (Lipinski definition) is 5. The van der Waals surface area contributed by atoms with Gasteiger partial charge in [0.1, 0.15) is 0 Å². The van der Waals surface area contributed by atoms with Crippen LogP contribution in [0.15, 0.2) is 0 Å². The van der Waals surface area contributed by atoms with Gasteiger partial charge in [0, 0.05) is 12.6 Å². The summed E-state index contributed by atoms with van der Waals surface area (Å²) in [6.45, 7) is 2.92. The number of hydrazine groups is 1. The number of rotatable bonds is 1. The molecule has 2 aliphatic heterocycles. The number of carbonyl (C=O) groups is 2. The summed E-state index contributed by atoms with van der Waals surface area (Å²) in [6, 6.07) is 0.536. The third-order valence-corrected chi connectivity index (χ3v) is 3.13. The Kier molecular flexibility index (Phi) is 2.86. The van der Waals surface area contributed by atoms with Crippen LogP contribution in [0.3, 0.4) is 0 Å². The Balaban J connectivity index is 1.95. The topological polar surface area (TPSA) is 85.1 Å². The lowest BCUT2D eigenvalue weighted by molar-refractivity contribution is -0.195. The number of amides is 2. The van der Waals surface area contributed by atoms with Crippen LogP contribution in [0.1, 0.15) is 26.2 Å². The largest absolute Gasteiger partial charge is 0.467 e. The molecular formula is C9H15N3O4. The SMILES string of the molecule is CCC1CC2CCN1N2C(=O)OOC(N)=O. The van der Waals surface area contributed by atoms with E-state index in [0.29, 0.717) is 6.04 Å². The summed E-state index contributed by atoms with van der Waals surface area (Å²) in [4.78, 5) is 30.3. The van der Waals surface area contributed by atoms with Gasteiger partial charge in [0.2, 0.25) is 0 Å². The van der Waals surface area contributed by atoms with Crippen molar-refractivity contribution in [2.75, 3.05) is 6.54 Å². The van der Waals surface area contributed by atoms with E-state index in [0.717, 1.165) is 25.8 Å². The lowest BCUT2D eigenvalue weighted by Crippen LogP contribution is -2.42. The minimum atomic E-state index is -1.12. The van der Waals surface area contributed by atoms with Crippen LogP contribution in [0.4, 0.5) is 9.59 Å². The first kappa shape index (κ1) is 11.0. The Hall–Kier alpha value is -1.50. The zero-order chi connectivity index (χ0) is 11.7. The molecule has 7 nitrogen and oxygen atoms in total. The van der Waals surface area contributed by atoms with Crippen LogP contribution in [0.25, 0.3) is 0 Å². The van der Waals surface area contributed by atoms with E-state index in [1.807, 2.05) is 5.01 Å². The standard InChI is InChI=1S/C9H15N3O4/c1-2-6-5-7-3-4-11(6)12(7)9(14)16-15-8(10)13/h6-7H,2-5H2,1H3,(H2,10,13). The van der Waals surface area contributed by atoms with E-state index < -0.39 is 12.2 Å². The Labute approximate surface area is 93.0 Å². The molecule has 16 heavy (non-hydrogen) atoms. The highest BCUT2D eigenvalue weighted by atomic mass is 17.2. The van der Waals surface area contributed by atoms with Gasteiger partial charge in [-0.05, 0) is 19.3 Å². The van der Waals surface area contributed by atoms with Crippen molar-refractivity contribution >= 4 is 12.2 Å². The summed E-state index contributed by atoms with van der Waals surface area (Å²) in [6.07, 6.45) is 1.07. The maximum Gasteiger partial charge on any atom is 0.467 e. The van der Waals surface area contributed by atoms with E-state index in [4.69, 9.17) is 5.73 Å². The molecule has 2 saturated heterocycles. The molecular weight excluding hydrogens is 214 g/mol. The molecule has 0 radical (unpaired) electrons. The molecule has 0 spiro atoms. The number of piperidine rings is 1. The fourth-order valence-corrected chi connectivity index (χ4v) is 2.48. The van der Waals surface area contributed by atoms with E-state index in [9.17, 15) is 9.59 Å². The zero-order valence-corrected chi connectivity index (χ0v) is 9.09. The van der Waals surface area contributed by atoms with Crippen molar-refractivity contribution in [1.29, 1.82) is 0 Å². The minimum absolute atomic E-state index is 0.161. The normalized spacial score (nSPS) is 31.6. The fourth-order valence-electron chi connectivity index (χ4n) is 2.48. The first-order valence-electron chi connectivity index (χ1n) is 5.37. The Morgan fingerprint density at radius 1 is 1.44 bits per heavy atom. The second-order valence-electron chi connectivity index (χ2n) is 4.00. The van der Waals surface area contributed by atoms with E-state index in [1.54, 1.807) is 0 Å². The van der Waals surface area contributed by atoms with Crippen molar-refractivity contribution in [1.82, 2.24) is 10.0 Å².